The van der Waals surface area contributed by atoms with Gasteiger partial charge in [0.2, 0.25) is 33.7 Å². The summed E-state index contributed by atoms with van der Waals surface area (Å²) in [5, 5.41) is 15.1. The number of carbonyl (C=O) groups excluding carboxylic acids is 7. The molecule has 25 nitrogen and oxygen atoms in total. The number of amides is 8. The Kier molecular flexibility index (Phi) is 34.3. The van der Waals surface area contributed by atoms with Gasteiger partial charge in [-0.05, 0) is 95.1 Å². The van der Waals surface area contributed by atoms with Gasteiger partial charge in [-0.25, -0.2) is 13.2 Å². The number of nitrogens with one attached hydrogen (secondary N) is 6. The van der Waals surface area contributed by atoms with Gasteiger partial charge < -0.3 is 60.5 Å². The third-order valence-electron chi connectivity index (χ3n) is 16.8. The van der Waals surface area contributed by atoms with E-state index in [0.29, 0.717) is 48.7 Å². The highest BCUT2D eigenvalue weighted by atomic mass is 32.2. The summed E-state index contributed by atoms with van der Waals surface area (Å²) in [6.07, 6.45) is 2.63. The molecule has 88 heavy (non-hydrogen) atoms. The number of likely N-dealkylation sites (tertiary alicyclic amines) is 1. The summed E-state index contributed by atoms with van der Waals surface area (Å²) in [5.74, 6) is -3.07. The van der Waals surface area contributed by atoms with Gasteiger partial charge in [-0.2, -0.15) is 0 Å². The Morgan fingerprint density at radius 1 is 0.807 bits per heavy atom. The number of hydrogen-bond acceptors (Lipinski definition) is 18. The second kappa shape index (κ2) is 39.2. The van der Waals surface area contributed by atoms with Crippen LogP contribution in [0.1, 0.15) is 120 Å². The second-order valence-electron chi connectivity index (χ2n) is 24.7. The van der Waals surface area contributed by atoms with Gasteiger partial charge in [0.15, 0.2) is 0 Å². The summed E-state index contributed by atoms with van der Waals surface area (Å²) in [5.41, 5.74) is 5.84. The molecule has 0 saturated carbocycles. The largest absolute Gasteiger partial charge is 0.379 e. The van der Waals surface area contributed by atoms with Crippen LogP contribution in [0, 0.1) is 29.6 Å². The van der Waals surface area contributed by atoms with E-state index in [1.54, 1.807) is 18.9 Å². The van der Waals surface area contributed by atoms with E-state index in [9.17, 15) is 42.0 Å². The number of nitrogens with two attached hydrogens (primary N) is 1. The standard InChI is InChI=1S/C62H109N11O14S/c1-16-43(8)58(71(13)37-49(41(4)5)65-36-51(42(6)7)70(11)12)52(83-14)35-57(77)72-29-18-20-50(72)59(84-15)44(9)60(78)69-88(81,82)39-46-21-23-47(24-22-46)67-61(79)48(19-17-28-64-62(63)80)68-53(73-55(75)25-26-56(73)76)38-87-34-33-86-32-31-85-30-27-54(74)66-45(10)40(2)3/h21-26,40-45,48-53,58-59,65,68H,16-20,27-39H2,1-15H3,(H,66,74)(H,67,79)(H,69,78)(H3,63,64,80)/t43-,44-,45?,48+,49-,50+,51-,52-,53+,58+,59-/m1/s1. The zero-order valence-electron chi connectivity index (χ0n) is 55.3. The number of benzene rings is 1. The van der Waals surface area contributed by atoms with E-state index in [1.807, 2.05) is 20.8 Å². The van der Waals surface area contributed by atoms with Crippen LogP contribution in [0.15, 0.2) is 36.4 Å². The van der Waals surface area contributed by atoms with Crippen molar-refractivity contribution >= 4 is 57.2 Å². The first-order valence-electron chi connectivity index (χ1n) is 31.3. The Morgan fingerprint density at radius 3 is 1.99 bits per heavy atom. The van der Waals surface area contributed by atoms with Crippen LogP contribution in [-0.4, -0.2) is 225 Å². The maximum absolute atomic E-state index is 14.4. The Morgan fingerprint density at radius 2 is 1.43 bits per heavy atom. The van der Waals surface area contributed by atoms with Gasteiger partial charge in [0.1, 0.15) is 6.17 Å². The van der Waals surface area contributed by atoms with E-state index in [2.05, 4.69) is 104 Å². The first-order chi connectivity index (χ1) is 41.5. The van der Waals surface area contributed by atoms with E-state index in [1.165, 1.54) is 31.4 Å². The Hall–Kier alpha value is -5.16. The first-order valence-corrected chi connectivity index (χ1v) is 33.0. The van der Waals surface area contributed by atoms with Crippen LogP contribution in [0.3, 0.4) is 0 Å². The van der Waals surface area contributed by atoms with Crippen LogP contribution in [0.5, 0.6) is 0 Å². The maximum atomic E-state index is 14.4. The lowest BCUT2D eigenvalue weighted by Gasteiger charge is -2.41. The van der Waals surface area contributed by atoms with Gasteiger partial charge in [0.25, 0.3) is 11.8 Å². The fourth-order valence-corrected chi connectivity index (χ4v) is 12.3. The van der Waals surface area contributed by atoms with Crippen LogP contribution in [0.25, 0.3) is 0 Å². The van der Waals surface area contributed by atoms with Crippen molar-refractivity contribution in [2.24, 2.45) is 35.3 Å². The minimum Gasteiger partial charge on any atom is -0.379 e. The third kappa shape index (κ3) is 26.0. The molecule has 1 fully saturated rings. The van der Waals surface area contributed by atoms with Crippen molar-refractivity contribution < 1.29 is 65.7 Å². The molecule has 1 aromatic rings. The minimum atomic E-state index is -4.28. The van der Waals surface area contributed by atoms with Crippen molar-refractivity contribution in [3.63, 3.8) is 0 Å². The molecule has 1 unspecified atom stereocenters. The maximum Gasteiger partial charge on any atom is 0.312 e. The summed E-state index contributed by atoms with van der Waals surface area (Å²) in [6, 6.07) is 4.16. The Bertz CT molecular complexity index is 2440. The molecule has 0 aromatic heterocycles. The number of methoxy groups -OCH3 is 2. The topological polar surface area (TPSA) is 311 Å². The number of nitrogens with zero attached hydrogens (tertiary/aromatic N) is 4. The van der Waals surface area contributed by atoms with Gasteiger partial charge in [-0.15, -0.1) is 0 Å². The summed E-state index contributed by atoms with van der Waals surface area (Å²) < 4.78 is 58.6. The number of likely N-dealkylation sites (N-methyl/N-ethyl adjacent to an activating group) is 2. The van der Waals surface area contributed by atoms with Gasteiger partial charge in [-0.1, -0.05) is 80.9 Å². The SMILES string of the molecule is CC[C@@H](C)[C@@H]([C@@H](CC(=O)N1CCC[C@H]1[C@H](OC)[C@@H](C)C(=O)NS(=O)(=O)Cc1ccc(NC(=O)[C@H](CCCNC(N)=O)N[C@H](COCCOCCOCCC(=O)NC(C)C(C)C)N2C(=O)C=CC2=O)cc1)OC)N(C)C[C@@H](NC[C@H](C(C)C)N(C)C)C(C)C. The minimum absolute atomic E-state index is 0.0515. The normalized spacial score (nSPS) is 18.2. The quantitative estimate of drug-likeness (QED) is 0.0364. The lowest BCUT2D eigenvalue weighted by Crippen LogP contribution is -2.57. The van der Waals surface area contributed by atoms with Crippen LogP contribution in [0.4, 0.5) is 10.5 Å². The molecule has 1 aromatic carbocycles. The predicted molar refractivity (Wildman–Crippen MR) is 339 cm³/mol. The van der Waals surface area contributed by atoms with Crippen molar-refractivity contribution in [3.8, 4) is 0 Å². The molecule has 2 heterocycles. The molecule has 0 bridgehead atoms. The number of anilines is 1. The van der Waals surface area contributed by atoms with Crippen molar-refractivity contribution in [2.75, 3.05) is 106 Å². The van der Waals surface area contributed by atoms with Crippen molar-refractivity contribution in [1.29, 1.82) is 0 Å². The van der Waals surface area contributed by atoms with Crippen LogP contribution in [0.2, 0.25) is 0 Å². The molecule has 1 saturated heterocycles. The fourth-order valence-electron chi connectivity index (χ4n) is 11.1. The molecule has 0 radical (unpaired) electrons. The number of ether oxygens (including phenoxy) is 5. The van der Waals surface area contributed by atoms with Crippen LogP contribution < -0.4 is 37.0 Å². The highest BCUT2D eigenvalue weighted by molar-refractivity contribution is 7.89. The van der Waals surface area contributed by atoms with E-state index in [-0.39, 0.29) is 113 Å². The molecule has 8 N–H and O–H groups in total. The number of carbonyl (C=O) groups is 7. The third-order valence-corrected chi connectivity index (χ3v) is 18.1. The smallest absolute Gasteiger partial charge is 0.312 e. The monoisotopic (exact) mass is 1260 g/mol. The van der Waals surface area contributed by atoms with Crippen LogP contribution in [-0.2, 0) is 68.2 Å². The Balaban J connectivity index is 1.65. The van der Waals surface area contributed by atoms with Crippen molar-refractivity contribution in [2.45, 2.75) is 175 Å². The highest BCUT2D eigenvalue weighted by Crippen LogP contribution is 2.30. The lowest BCUT2D eigenvalue weighted by molar-refractivity contribution is -0.143. The van der Waals surface area contributed by atoms with E-state index in [4.69, 9.17) is 29.4 Å². The number of primary amides is 1. The molecular weight excluding hydrogens is 1150 g/mol. The van der Waals surface area contributed by atoms with Gasteiger partial charge >= 0.3 is 6.03 Å². The zero-order valence-corrected chi connectivity index (χ0v) is 56.1. The number of sulfonamides is 1. The molecule has 2 aliphatic heterocycles. The lowest BCUT2D eigenvalue weighted by atomic mass is 9.89. The molecule has 8 amide bonds. The zero-order chi connectivity index (χ0) is 65.8. The van der Waals surface area contributed by atoms with Gasteiger partial charge in [0.05, 0.1) is 82.0 Å². The molecule has 11 atom stereocenters. The number of rotatable bonds is 44. The Labute approximate surface area is 524 Å². The number of hydrogen-bond donors (Lipinski definition) is 7. The first kappa shape index (κ1) is 77.1. The average molecular weight is 1260 g/mol. The second-order valence-corrected chi connectivity index (χ2v) is 26.4. The molecule has 502 valence electrons. The van der Waals surface area contributed by atoms with Crippen molar-refractivity contribution in [3.05, 3.63) is 42.0 Å². The molecule has 0 aliphatic carbocycles. The van der Waals surface area contributed by atoms with Gasteiger partial charge in [0, 0.05) is 88.8 Å². The summed E-state index contributed by atoms with van der Waals surface area (Å²) in [6.45, 7) is 23.7. The van der Waals surface area contributed by atoms with E-state index in [0.717, 1.165) is 36.6 Å². The summed E-state index contributed by atoms with van der Waals surface area (Å²) in [7, 11) is 5.15. The number of imide groups is 1. The van der Waals surface area contributed by atoms with Crippen LogP contribution >= 0.6 is 0 Å². The number of urea groups is 1. The molecule has 2 aliphatic rings. The highest BCUT2D eigenvalue weighted by Gasteiger charge is 2.43. The van der Waals surface area contributed by atoms with E-state index < -0.39 is 81.8 Å². The molecule has 3 rings (SSSR count). The van der Waals surface area contributed by atoms with E-state index >= 15 is 0 Å². The summed E-state index contributed by atoms with van der Waals surface area (Å²) >= 11 is 0. The average Bonchev–Trinajstić information content (AvgIpc) is 2.75. The molecule has 0 spiro atoms. The fraction of sp³-hybridized carbons (Fsp3) is 0.758. The van der Waals surface area contributed by atoms with Crippen molar-refractivity contribution in [1.82, 2.24) is 45.6 Å². The molecule has 26 heteroatoms. The summed E-state index contributed by atoms with van der Waals surface area (Å²) in [4.78, 5) is 99.0. The predicted octanol–water partition coefficient (Wildman–Crippen LogP) is 3.42. The van der Waals surface area contributed by atoms with Gasteiger partial charge in [-0.3, -0.25) is 48.6 Å². The molecular formula is C62H109N11O14S.